The third-order valence-corrected chi connectivity index (χ3v) is 1.78. The summed E-state index contributed by atoms with van der Waals surface area (Å²) in [4.78, 5) is 10.2. The molecule has 0 heterocycles. The van der Waals surface area contributed by atoms with E-state index in [1.54, 1.807) is 25.1 Å². The molecule has 0 saturated heterocycles. The highest BCUT2D eigenvalue weighted by molar-refractivity contribution is 5.70. The average Bonchev–Trinajstić information content (AvgIpc) is 2.10. The van der Waals surface area contributed by atoms with Crippen LogP contribution >= 0.6 is 0 Å². The molecule has 0 fully saturated rings. The molecule has 3 heteroatoms. The fourth-order valence-electron chi connectivity index (χ4n) is 1.07. The fourth-order valence-corrected chi connectivity index (χ4v) is 1.07. The average molecular weight is 194 g/mol. The zero-order chi connectivity index (χ0) is 10.6. The molecule has 0 aliphatic carbocycles. The molecule has 0 bridgehead atoms. The van der Waals surface area contributed by atoms with Crippen LogP contribution in [0.4, 0.5) is 4.39 Å². The molecule has 1 N–H and O–H groups in total. The molecule has 0 aliphatic heterocycles. The van der Waals surface area contributed by atoms with Crippen molar-refractivity contribution >= 4 is 12.0 Å². The summed E-state index contributed by atoms with van der Waals surface area (Å²) >= 11 is 0. The lowest BCUT2D eigenvalue weighted by Crippen LogP contribution is -1.89. The highest BCUT2D eigenvalue weighted by Crippen LogP contribution is 2.10. The first kappa shape index (κ1) is 10.4. The summed E-state index contributed by atoms with van der Waals surface area (Å²) in [6.45, 7) is 1.67. The van der Waals surface area contributed by atoms with E-state index >= 15 is 0 Å². The van der Waals surface area contributed by atoms with Gasteiger partial charge in [0, 0.05) is 0 Å². The predicted octanol–water partition coefficient (Wildman–Crippen LogP) is 2.62. The Balaban J connectivity index is 2.73. The number of benzene rings is 1. The predicted molar refractivity (Wildman–Crippen MR) is 52.4 cm³/mol. The Labute approximate surface area is 81.7 Å². The van der Waals surface area contributed by atoms with Gasteiger partial charge in [-0.25, -0.2) is 4.39 Å². The number of hydrogen-bond acceptors (Lipinski definition) is 1. The Hall–Kier alpha value is -1.64. The van der Waals surface area contributed by atoms with Gasteiger partial charge < -0.3 is 5.11 Å². The van der Waals surface area contributed by atoms with E-state index in [-0.39, 0.29) is 12.2 Å². The zero-order valence-corrected chi connectivity index (χ0v) is 7.83. The molecule has 1 aromatic carbocycles. The summed E-state index contributed by atoms with van der Waals surface area (Å²) in [6, 6.07) is 4.66. The Kier molecular flexibility index (Phi) is 3.40. The van der Waals surface area contributed by atoms with Crippen molar-refractivity contribution in [2.24, 2.45) is 0 Å². The van der Waals surface area contributed by atoms with Gasteiger partial charge in [0.25, 0.3) is 0 Å². The number of hydrogen-bond donors (Lipinski definition) is 1. The first-order valence-corrected chi connectivity index (χ1v) is 4.24. The van der Waals surface area contributed by atoms with Gasteiger partial charge in [0.15, 0.2) is 0 Å². The van der Waals surface area contributed by atoms with Crippen LogP contribution < -0.4 is 0 Å². The van der Waals surface area contributed by atoms with E-state index < -0.39 is 5.97 Å². The molecular formula is C11H11FO2. The SMILES string of the molecule is Cc1cc(C=CCC(=O)O)ccc1F. The molecule has 0 atom stereocenters. The van der Waals surface area contributed by atoms with Crippen LogP contribution in [0.2, 0.25) is 0 Å². The minimum atomic E-state index is -0.875. The first-order valence-electron chi connectivity index (χ1n) is 4.24. The number of carboxylic acids is 1. The van der Waals surface area contributed by atoms with E-state index in [4.69, 9.17) is 5.11 Å². The Morgan fingerprint density at radius 1 is 1.57 bits per heavy atom. The quantitative estimate of drug-likeness (QED) is 0.803. The van der Waals surface area contributed by atoms with Crippen LogP contribution in [0.5, 0.6) is 0 Å². The minimum absolute atomic E-state index is 0.0174. The Morgan fingerprint density at radius 2 is 2.29 bits per heavy atom. The van der Waals surface area contributed by atoms with Gasteiger partial charge in [-0.05, 0) is 30.2 Å². The molecule has 0 aromatic heterocycles. The van der Waals surface area contributed by atoms with Crippen molar-refractivity contribution in [2.75, 3.05) is 0 Å². The minimum Gasteiger partial charge on any atom is -0.481 e. The van der Waals surface area contributed by atoms with Crippen LogP contribution in [0, 0.1) is 12.7 Å². The van der Waals surface area contributed by atoms with Crippen molar-refractivity contribution in [1.82, 2.24) is 0 Å². The topological polar surface area (TPSA) is 37.3 Å². The molecule has 0 radical (unpaired) electrons. The van der Waals surface area contributed by atoms with Gasteiger partial charge in [0.1, 0.15) is 5.82 Å². The number of carboxylic acid groups (broad SMARTS) is 1. The molecule has 0 unspecified atom stereocenters. The second-order valence-corrected chi connectivity index (χ2v) is 3.01. The maximum Gasteiger partial charge on any atom is 0.307 e. The van der Waals surface area contributed by atoms with Crippen molar-refractivity contribution in [3.8, 4) is 0 Å². The summed E-state index contributed by atoms with van der Waals surface area (Å²) in [5, 5.41) is 8.38. The van der Waals surface area contributed by atoms with E-state index in [9.17, 15) is 9.18 Å². The van der Waals surface area contributed by atoms with Crippen molar-refractivity contribution in [1.29, 1.82) is 0 Å². The molecule has 1 rings (SSSR count). The second kappa shape index (κ2) is 4.56. The molecule has 74 valence electrons. The van der Waals surface area contributed by atoms with Crippen LogP contribution in [0.25, 0.3) is 6.08 Å². The number of halogens is 1. The summed E-state index contributed by atoms with van der Waals surface area (Å²) < 4.78 is 12.8. The molecule has 0 amide bonds. The smallest absolute Gasteiger partial charge is 0.307 e. The third-order valence-electron chi connectivity index (χ3n) is 1.78. The zero-order valence-electron chi connectivity index (χ0n) is 7.83. The number of aliphatic carboxylic acids is 1. The maximum atomic E-state index is 12.8. The molecule has 0 aliphatic rings. The van der Waals surface area contributed by atoms with E-state index in [2.05, 4.69) is 0 Å². The molecule has 1 aromatic rings. The standard InChI is InChI=1S/C11H11FO2/c1-8-7-9(5-6-10(8)12)3-2-4-11(13)14/h2-3,5-7H,4H2,1H3,(H,13,14). The van der Waals surface area contributed by atoms with Crippen molar-refractivity contribution in [3.63, 3.8) is 0 Å². The normalized spacial score (nSPS) is 10.7. The second-order valence-electron chi connectivity index (χ2n) is 3.01. The van der Waals surface area contributed by atoms with Crippen LogP contribution in [-0.2, 0) is 4.79 Å². The summed E-state index contributed by atoms with van der Waals surface area (Å²) in [7, 11) is 0. The molecule has 2 nitrogen and oxygen atoms in total. The number of rotatable bonds is 3. The van der Waals surface area contributed by atoms with Gasteiger partial charge in [-0.1, -0.05) is 18.2 Å². The highest BCUT2D eigenvalue weighted by atomic mass is 19.1. The largest absolute Gasteiger partial charge is 0.481 e. The maximum absolute atomic E-state index is 12.8. The Bertz CT molecular complexity index is 370. The Morgan fingerprint density at radius 3 is 2.86 bits per heavy atom. The monoisotopic (exact) mass is 194 g/mol. The van der Waals surface area contributed by atoms with Gasteiger partial charge in [-0.15, -0.1) is 0 Å². The van der Waals surface area contributed by atoms with E-state index in [0.29, 0.717) is 5.56 Å². The third kappa shape index (κ3) is 3.01. The number of carbonyl (C=O) groups is 1. The van der Waals surface area contributed by atoms with Crippen molar-refractivity contribution < 1.29 is 14.3 Å². The summed E-state index contributed by atoms with van der Waals surface area (Å²) in [6.07, 6.45) is 3.19. The van der Waals surface area contributed by atoms with Gasteiger partial charge in [0.05, 0.1) is 6.42 Å². The molecule has 0 saturated carbocycles. The molecular weight excluding hydrogens is 183 g/mol. The fraction of sp³-hybridized carbons (Fsp3) is 0.182. The van der Waals surface area contributed by atoms with Gasteiger partial charge in [-0.3, -0.25) is 4.79 Å². The summed E-state index contributed by atoms with van der Waals surface area (Å²) in [5.41, 5.74) is 1.37. The van der Waals surface area contributed by atoms with Gasteiger partial charge in [-0.2, -0.15) is 0 Å². The van der Waals surface area contributed by atoms with Crippen LogP contribution in [0.15, 0.2) is 24.3 Å². The van der Waals surface area contributed by atoms with Crippen LogP contribution in [0.1, 0.15) is 17.5 Å². The van der Waals surface area contributed by atoms with Gasteiger partial charge >= 0.3 is 5.97 Å². The van der Waals surface area contributed by atoms with E-state index in [1.807, 2.05) is 0 Å². The van der Waals surface area contributed by atoms with Gasteiger partial charge in [0.2, 0.25) is 0 Å². The highest BCUT2D eigenvalue weighted by Gasteiger charge is 1.96. The molecule has 14 heavy (non-hydrogen) atoms. The molecule has 0 spiro atoms. The van der Waals surface area contributed by atoms with Crippen molar-refractivity contribution in [3.05, 3.63) is 41.2 Å². The van der Waals surface area contributed by atoms with E-state index in [0.717, 1.165) is 5.56 Å². The lowest BCUT2D eigenvalue weighted by Gasteiger charge is -1.97. The summed E-state index contributed by atoms with van der Waals surface area (Å²) in [5.74, 6) is -1.12. The lowest BCUT2D eigenvalue weighted by atomic mass is 10.1. The van der Waals surface area contributed by atoms with E-state index in [1.165, 1.54) is 12.1 Å². The number of aryl methyl sites for hydroxylation is 1. The van der Waals surface area contributed by atoms with Crippen LogP contribution in [0.3, 0.4) is 0 Å². The lowest BCUT2D eigenvalue weighted by molar-refractivity contribution is -0.135. The van der Waals surface area contributed by atoms with Crippen LogP contribution in [-0.4, -0.2) is 11.1 Å². The first-order chi connectivity index (χ1) is 6.59. The van der Waals surface area contributed by atoms with Crippen molar-refractivity contribution in [2.45, 2.75) is 13.3 Å².